The van der Waals surface area contributed by atoms with E-state index < -0.39 is 5.60 Å². The second-order valence-electron chi connectivity index (χ2n) is 11.3. The topological polar surface area (TPSA) is 113 Å². The summed E-state index contributed by atoms with van der Waals surface area (Å²) in [4.78, 5) is 30.0. The lowest BCUT2D eigenvalue weighted by Crippen LogP contribution is -2.34. The fourth-order valence-electron chi connectivity index (χ4n) is 6.73. The summed E-state index contributed by atoms with van der Waals surface area (Å²) in [5.74, 6) is 1.48. The van der Waals surface area contributed by atoms with Crippen LogP contribution in [0, 0.1) is 0 Å². The van der Waals surface area contributed by atoms with Gasteiger partial charge in [0.15, 0.2) is 11.5 Å². The number of hydrogen-bond donors (Lipinski definition) is 3. The maximum atomic E-state index is 13.4. The Kier molecular flexibility index (Phi) is 5.79. The summed E-state index contributed by atoms with van der Waals surface area (Å²) in [7, 11) is 2.17. The summed E-state index contributed by atoms with van der Waals surface area (Å²) in [5.41, 5.74) is 5.80. The zero-order chi connectivity index (χ0) is 27.6. The number of likely N-dealkylation sites (N-methyl/N-ethyl adjacent to an activating group) is 1. The molecular formula is C30H34N8O2. The van der Waals surface area contributed by atoms with Crippen LogP contribution in [0.4, 0.5) is 17.3 Å². The van der Waals surface area contributed by atoms with Crippen LogP contribution in [0.2, 0.25) is 0 Å². The Morgan fingerprint density at radius 1 is 1.27 bits per heavy atom. The fraction of sp³-hybridized carbons (Fsp3) is 0.400. The van der Waals surface area contributed by atoms with Crippen LogP contribution in [0.5, 0.6) is 0 Å². The molecule has 4 aromatic rings. The maximum absolute atomic E-state index is 13.4. The number of nitrogens with zero attached hydrogens (tertiary/aromatic N) is 6. The van der Waals surface area contributed by atoms with Crippen molar-refractivity contribution in [2.45, 2.75) is 57.2 Å². The van der Waals surface area contributed by atoms with Gasteiger partial charge in [0.25, 0.3) is 5.56 Å². The lowest BCUT2D eigenvalue weighted by atomic mass is 9.83. The molecule has 10 heteroatoms. The van der Waals surface area contributed by atoms with E-state index in [1.54, 1.807) is 21.6 Å². The van der Waals surface area contributed by atoms with Gasteiger partial charge in [-0.15, -0.1) is 6.58 Å². The Bertz CT molecular complexity index is 1720. The Morgan fingerprint density at radius 3 is 2.98 bits per heavy atom. The number of anilines is 3. The van der Waals surface area contributed by atoms with Crippen molar-refractivity contribution in [2.75, 3.05) is 30.8 Å². The van der Waals surface area contributed by atoms with E-state index in [1.165, 1.54) is 16.8 Å². The monoisotopic (exact) mass is 538 g/mol. The molecule has 1 aromatic carbocycles. The van der Waals surface area contributed by atoms with Gasteiger partial charge in [0, 0.05) is 43.1 Å². The van der Waals surface area contributed by atoms with Gasteiger partial charge in [-0.25, -0.2) is 19.3 Å². The third-order valence-electron chi connectivity index (χ3n) is 8.70. The molecule has 0 spiro atoms. The van der Waals surface area contributed by atoms with Crippen LogP contribution in [0.3, 0.4) is 0 Å². The zero-order valence-electron chi connectivity index (χ0n) is 22.9. The van der Waals surface area contributed by atoms with Gasteiger partial charge in [-0.2, -0.15) is 4.98 Å². The van der Waals surface area contributed by atoms with Gasteiger partial charge < -0.3 is 20.6 Å². The van der Waals surface area contributed by atoms with Gasteiger partial charge in [-0.3, -0.25) is 4.79 Å². The van der Waals surface area contributed by atoms with Crippen molar-refractivity contribution in [1.29, 1.82) is 0 Å². The van der Waals surface area contributed by atoms with Gasteiger partial charge in [0.05, 0.1) is 12.2 Å². The largest absolute Gasteiger partial charge is 0.385 e. The summed E-state index contributed by atoms with van der Waals surface area (Å²) >= 11 is 0. The first-order chi connectivity index (χ1) is 19.4. The molecule has 206 valence electrons. The lowest BCUT2D eigenvalue weighted by molar-refractivity contribution is 0.0306. The number of rotatable bonds is 6. The number of hydrogen-bond acceptors (Lipinski definition) is 8. The highest BCUT2D eigenvalue weighted by Gasteiger charge is 2.37. The van der Waals surface area contributed by atoms with Crippen molar-refractivity contribution < 1.29 is 5.11 Å². The molecule has 2 aliphatic heterocycles. The smallest absolute Gasteiger partial charge is 0.278 e. The third kappa shape index (κ3) is 3.85. The van der Waals surface area contributed by atoms with Crippen molar-refractivity contribution in [2.24, 2.45) is 0 Å². The van der Waals surface area contributed by atoms with E-state index in [0.29, 0.717) is 47.3 Å². The summed E-state index contributed by atoms with van der Waals surface area (Å²) in [6.07, 6.45) is 6.39. The number of nitrogens with one attached hydrogen (secondary N) is 2. The Labute approximate surface area is 232 Å². The highest BCUT2D eigenvalue weighted by Crippen LogP contribution is 2.41. The number of benzene rings is 1. The molecule has 10 nitrogen and oxygen atoms in total. The molecular weight excluding hydrogens is 504 g/mol. The van der Waals surface area contributed by atoms with Crippen LogP contribution in [-0.4, -0.2) is 54.5 Å². The van der Waals surface area contributed by atoms with Crippen molar-refractivity contribution in [1.82, 2.24) is 29.2 Å². The highest BCUT2D eigenvalue weighted by molar-refractivity contribution is 5.77. The Hall–Kier alpha value is -4.02. The Balaban J connectivity index is 1.33. The predicted molar refractivity (Wildman–Crippen MR) is 156 cm³/mol. The first-order valence-electron chi connectivity index (χ1n) is 14.1. The third-order valence-corrected chi connectivity index (χ3v) is 8.70. The molecule has 0 radical (unpaired) electrons. The van der Waals surface area contributed by atoms with Crippen LogP contribution >= 0.6 is 0 Å². The first kappa shape index (κ1) is 25.0. The summed E-state index contributed by atoms with van der Waals surface area (Å²) < 4.78 is 3.28. The van der Waals surface area contributed by atoms with Crippen LogP contribution in [-0.2, 0) is 25.1 Å². The zero-order valence-corrected chi connectivity index (χ0v) is 22.9. The first-order valence-corrected chi connectivity index (χ1v) is 14.1. The van der Waals surface area contributed by atoms with E-state index in [-0.39, 0.29) is 12.1 Å². The second-order valence-corrected chi connectivity index (χ2v) is 11.3. The molecule has 3 aromatic heterocycles. The number of pyridine rings is 1. The normalized spacial score (nSPS) is 21.6. The van der Waals surface area contributed by atoms with Crippen LogP contribution in [0.15, 0.2) is 47.9 Å². The molecule has 0 amide bonds. The maximum Gasteiger partial charge on any atom is 0.278 e. The highest BCUT2D eigenvalue weighted by atomic mass is 16.3. The molecule has 3 N–H and O–H groups in total. The number of aromatic nitrogens is 5. The van der Waals surface area contributed by atoms with Gasteiger partial charge in [-0.1, -0.05) is 19.1 Å². The molecule has 2 atom stereocenters. The number of allylic oxidation sites excluding steroid dienone is 1. The quantitative estimate of drug-likeness (QED) is 0.318. The predicted octanol–water partition coefficient (Wildman–Crippen LogP) is 3.80. The van der Waals surface area contributed by atoms with E-state index in [0.717, 1.165) is 43.7 Å². The van der Waals surface area contributed by atoms with E-state index in [2.05, 4.69) is 46.3 Å². The molecule has 7 rings (SSSR count). The molecule has 0 bridgehead atoms. The molecule has 2 unspecified atom stereocenters. The van der Waals surface area contributed by atoms with E-state index in [9.17, 15) is 9.90 Å². The van der Waals surface area contributed by atoms with Gasteiger partial charge in [0.1, 0.15) is 11.0 Å². The standard InChI is InChI=1S/C30H34N8O2/c1-4-12-37-28(39)22-15-32-29(33-21-13-20-17-36(3)16-19-9-11-31-23(14-21)25(19)20)35-27(22)38(37)24-7-6-18-8-10-30(40,5-2)26(18)34-24/h4,6-7,13-15,19,31,40H,1,5,8-12,16-17H2,2-3H3,(H,32,33,35). The Morgan fingerprint density at radius 2 is 2.15 bits per heavy atom. The second kappa shape index (κ2) is 9.28. The molecule has 3 aliphatic rings. The summed E-state index contributed by atoms with van der Waals surface area (Å²) in [6.45, 7) is 9.03. The number of aliphatic hydroxyl groups is 1. The molecule has 40 heavy (non-hydrogen) atoms. The van der Waals surface area contributed by atoms with Gasteiger partial charge >= 0.3 is 0 Å². The number of fused-ring (bicyclic) bond motifs is 2. The fourth-order valence-corrected chi connectivity index (χ4v) is 6.73. The molecule has 0 saturated heterocycles. The van der Waals surface area contributed by atoms with Crippen LogP contribution < -0.4 is 16.2 Å². The SMILES string of the molecule is C=CCn1c(=O)c2cnc(Nc3cc4c5c(c3)NCCC5CN(C)C4)nc2n1-c1ccc2c(n1)C(O)(CC)CC2. The van der Waals surface area contributed by atoms with E-state index in [4.69, 9.17) is 9.97 Å². The summed E-state index contributed by atoms with van der Waals surface area (Å²) in [6, 6.07) is 8.20. The van der Waals surface area contributed by atoms with Gasteiger partial charge in [-0.05, 0) is 67.6 Å². The van der Waals surface area contributed by atoms with Crippen LogP contribution in [0.25, 0.3) is 16.9 Å². The van der Waals surface area contributed by atoms with Crippen molar-refractivity contribution in [3.05, 3.63) is 75.9 Å². The van der Waals surface area contributed by atoms with Crippen molar-refractivity contribution >= 4 is 28.4 Å². The minimum absolute atomic E-state index is 0.217. The van der Waals surface area contributed by atoms with Crippen molar-refractivity contribution in [3.8, 4) is 5.82 Å². The molecule has 0 saturated carbocycles. The van der Waals surface area contributed by atoms with Crippen molar-refractivity contribution in [3.63, 3.8) is 0 Å². The molecule has 1 aliphatic carbocycles. The average Bonchev–Trinajstić information content (AvgIpc) is 3.42. The summed E-state index contributed by atoms with van der Waals surface area (Å²) in [5, 5.41) is 18.5. The minimum Gasteiger partial charge on any atom is -0.385 e. The van der Waals surface area contributed by atoms with E-state index >= 15 is 0 Å². The average molecular weight is 539 g/mol. The van der Waals surface area contributed by atoms with Gasteiger partial charge in [0.2, 0.25) is 5.95 Å². The minimum atomic E-state index is -0.965. The molecule has 5 heterocycles. The molecule has 0 fully saturated rings. The van der Waals surface area contributed by atoms with Crippen LogP contribution in [0.1, 0.15) is 54.5 Å². The lowest BCUT2D eigenvalue weighted by Gasteiger charge is -2.37. The van der Waals surface area contributed by atoms with E-state index in [1.807, 2.05) is 19.1 Å². The number of aryl methyl sites for hydroxylation is 1.